The Morgan fingerprint density at radius 2 is 1.86 bits per heavy atom. The van der Waals surface area contributed by atoms with Gasteiger partial charge in [0, 0.05) is 17.8 Å². The van der Waals surface area contributed by atoms with Crippen LogP contribution in [-0.2, 0) is 14.3 Å². The van der Waals surface area contributed by atoms with Gasteiger partial charge in [-0.3, -0.25) is 19.7 Å². The third kappa shape index (κ3) is 5.66. The summed E-state index contributed by atoms with van der Waals surface area (Å²) in [4.78, 5) is 46.2. The zero-order chi connectivity index (χ0) is 20.7. The van der Waals surface area contributed by atoms with Gasteiger partial charge in [0.25, 0.3) is 17.5 Å². The lowest BCUT2D eigenvalue weighted by atomic mass is 10.0. The van der Waals surface area contributed by atoms with Crippen LogP contribution in [0, 0.1) is 16.0 Å². The van der Waals surface area contributed by atoms with Crippen LogP contribution in [0.5, 0.6) is 0 Å². The summed E-state index contributed by atoms with van der Waals surface area (Å²) in [5.74, 6) is -2.20. The minimum absolute atomic E-state index is 0.0503. The molecule has 0 saturated carbocycles. The molecule has 148 valence electrons. The van der Waals surface area contributed by atoms with Gasteiger partial charge in [-0.25, -0.2) is 4.79 Å². The minimum atomic E-state index is -0.968. The molecule has 0 bridgehead atoms. The Morgan fingerprint density at radius 3 is 2.39 bits per heavy atom. The number of nitro groups is 1. The molecule has 0 fully saturated rings. The van der Waals surface area contributed by atoms with E-state index in [1.165, 1.54) is 36.6 Å². The molecule has 0 aliphatic carbocycles. The molecule has 10 nitrogen and oxygen atoms in total. The van der Waals surface area contributed by atoms with E-state index < -0.39 is 35.4 Å². The van der Waals surface area contributed by atoms with Crippen molar-refractivity contribution >= 4 is 29.2 Å². The van der Waals surface area contributed by atoms with E-state index in [2.05, 4.69) is 10.6 Å². The molecule has 10 heteroatoms. The fraction of sp³-hybridized carbons (Fsp3) is 0.278. The van der Waals surface area contributed by atoms with Crippen molar-refractivity contribution in [1.29, 1.82) is 0 Å². The van der Waals surface area contributed by atoms with Crippen molar-refractivity contribution in [1.82, 2.24) is 5.32 Å². The molecule has 1 aromatic carbocycles. The molecule has 2 rings (SSSR count). The van der Waals surface area contributed by atoms with Gasteiger partial charge in [0.05, 0.1) is 11.2 Å². The zero-order valence-corrected chi connectivity index (χ0v) is 15.2. The summed E-state index contributed by atoms with van der Waals surface area (Å²) in [6, 6.07) is 7.22. The van der Waals surface area contributed by atoms with Crippen molar-refractivity contribution in [3.05, 3.63) is 58.5 Å². The number of nitrogens with zero attached hydrogens (tertiary/aromatic N) is 1. The Kier molecular flexibility index (Phi) is 6.85. The van der Waals surface area contributed by atoms with Crippen molar-refractivity contribution in [3.63, 3.8) is 0 Å². The molecule has 0 aliphatic rings. The largest absolute Gasteiger partial charge is 0.459 e. The molecule has 0 spiro atoms. The topological polar surface area (TPSA) is 141 Å². The summed E-state index contributed by atoms with van der Waals surface area (Å²) >= 11 is 0. The maximum Gasteiger partial charge on any atom is 0.329 e. The molecule has 0 aliphatic heterocycles. The van der Waals surface area contributed by atoms with Crippen LogP contribution < -0.4 is 10.6 Å². The molecule has 2 N–H and O–H groups in total. The van der Waals surface area contributed by atoms with Crippen LogP contribution in [0.4, 0.5) is 11.4 Å². The molecule has 0 saturated heterocycles. The molecule has 1 atom stereocenters. The van der Waals surface area contributed by atoms with Gasteiger partial charge < -0.3 is 19.8 Å². The highest BCUT2D eigenvalue weighted by atomic mass is 16.6. The van der Waals surface area contributed by atoms with E-state index in [4.69, 9.17) is 9.15 Å². The number of rotatable bonds is 8. The maximum absolute atomic E-state index is 12.2. The Hall–Kier alpha value is -3.69. The smallest absolute Gasteiger partial charge is 0.329 e. The monoisotopic (exact) mass is 389 g/mol. The molecule has 1 unspecified atom stereocenters. The predicted molar refractivity (Wildman–Crippen MR) is 97.5 cm³/mol. The number of nitro benzene ring substituents is 1. The highest BCUT2D eigenvalue weighted by molar-refractivity contribution is 5.96. The van der Waals surface area contributed by atoms with Gasteiger partial charge in [-0.1, -0.05) is 13.8 Å². The molecule has 1 heterocycles. The van der Waals surface area contributed by atoms with E-state index in [0.29, 0.717) is 5.69 Å². The summed E-state index contributed by atoms with van der Waals surface area (Å²) < 4.78 is 9.95. The first-order valence-corrected chi connectivity index (χ1v) is 8.33. The molecular formula is C18H19N3O7. The molecule has 2 aromatic rings. The van der Waals surface area contributed by atoms with Gasteiger partial charge in [-0.2, -0.15) is 0 Å². The van der Waals surface area contributed by atoms with Gasteiger partial charge in [0.2, 0.25) is 0 Å². The predicted octanol–water partition coefficient (Wildman–Crippen LogP) is 2.12. The number of nitrogens with one attached hydrogen (secondary N) is 2. The number of hydrogen-bond acceptors (Lipinski definition) is 7. The molecule has 1 aromatic heterocycles. The average molecular weight is 389 g/mol. The number of non-ortho nitro benzene ring substituents is 1. The van der Waals surface area contributed by atoms with Crippen molar-refractivity contribution in [3.8, 4) is 0 Å². The Bertz CT molecular complexity index is 845. The number of carbonyl (C=O) groups is 3. The normalized spacial score (nSPS) is 11.5. The van der Waals surface area contributed by atoms with E-state index in [1.54, 1.807) is 19.9 Å². The first-order valence-electron chi connectivity index (χ1n) is 8.33. The van der Waals surface area contributed by atoms with Crippen molar-refractivity contribution in [2.45, 2.75) is 19.9 Å². The van der Waals surface area contributed by atoms with Crippen LogP contribution in [0.2, 0.25) is 0 Å². The third-order valence-corrected chi connectivity index (χ3v) is 3.66. The number of amides is 2. The summed E-state index contributed by atoms with van der Waals surface area (Å²) in [7, 11) is 0. The van der Waals surface area contributed by atoms with Gasteiger partial charge in [0.1, 0.15) is 6.04 Å². The van der Waals surface area contributed by atoms with Crippen molar-refractivity contribution < 1.29 is 28.5 Å². The van der Waals surface area contributed by atoms with E-state index in [0.717, 1.165) is 0 Å². The van der Waals surface area contributed by atoms with Crippen LogP contribution in [-0.4, -0.2) is 35.4 Å². The summed E-state index contributed by atoms with van der Waals surface area (Å²) in [5, 5.41) is 15.6. The summed E-state index contributed by atoms with van der Waals surface area (Å²) in [6.07, 6.45) is 1.33. The number of esters is 1. The fourth-order valence-electron chi connectivity index (χ4n) is 2.21. The SMILES string of the molecule is CC(C)C(NC(=O)c1ccco1)C(=O)OCC(=O)Nc1ccc([N+](=O)[O-])cc1. The second-order valence-corrected chi connectivity index (χ2v) is 6.13. The van der Waals surface area contributed by atoms with Crippen LogP contribution >= 0.6 is 0 Å². The minimum Gasteiger partial charge on any atom is -0.459 e. The lowest BCUT2D eigenvalue weighted by Gasteiger charge is -2.20. The lowest BCUT2D eigenvalue weighted by molar-refractivity contribution is -0.384. The third-order valence-electron chi connectivity index (χ3n) is 3.66. The van der Waals surface area contributed by atoms with Gasteiger partial charge >= 0.3 is 5.97 Å². The van der Waals surface area contributed by atoms with E-state index in [-0.39, 0.29) is 17.4 Å². The second-order valence-electron chi connectivity index (χ2n) is 6.13. The number of furan rings is 1. The van der Waals surface area contributed by atoms with Crippen molar-refractivity contribution in [2.24, 2.45) is 5.92 Å². The van der Waals surface area contributed by atoms with E-state index in [9.17, 15) is 24.5 Å². The standard InChI is InChI=1S/C18H19N3O7/c1-11(2)16(20-17(23)14-4-3-9-27-14)18(24)28-10-15(22)19-12-5-7-13(8-6-12)21(25)26/h3-9,11,16H,10H2,1-2H3,(H,19,22)(H,20,23). The molecular weight excluding hydrogens is 370 g/mol. The highest BCUT2D eigenvalue weighted by Gasteiger charge is 2.27. The Morgan fingerprint density at radius 1 is 1.18 bits per heavy atom. The van der Waals surface area contributed by atoms with Gasteiger partial charge in [-0.05, 0) is 30.2 Å². The lowest BCUT2D eigenvalue weighted by Crippen LogP contribution is -2.45. The number of anilines is 1. The number of ether oxygens (including phenoxy) is 1. The van der Waals surface area contributed by atoms with E-state index >= 15 is 0 Å². The van der Waals surface area contributed by atoms with Crippen LogP contribution in [0.15, 0.2) is 47.1 Å². The average Bonchev–Trinajstić information content (AvgIpc) is 3.19. The zero-order valence-electron chi connectivity index (χ0n) is 15.2. The first-order chi connectivity index (χ1) is 13.3. The molecule has 2 amide bonds. The highest BCUT2D eigenvalue weighted by Crippen LogP contribution is 2.15. The number of carbonyl (C=O) groups excluding carboxylic acids is 3. The van der Waals surface area contributed by atoms with Crippen LogP contribution in [0.3, 0.4) is 0 Å². The second kappa shape index (κ2) is 9.31. The number of benzene rings is 1. The molecule has 28 heavy (non-hydrogen) atoms. The summed E-state index contributed by atoms with van der Waals surface area (Å²) in [6.45, 7) is 2.85. The quantitative estimate of drug-likeness (QED) is 0.400. The van der Waals surface area contributed by atoms with E-state index in [1.807, 2.05) is 0 Å². The van der Waals surface area contributed by atoms with Gasteiger partial charge in [0.15, 0.2) is 12.4 Å². The fourth-order valence-corrected chi connectivity index (χ4v) is 2.21. The molecule has 0 radical (unpaired) electrons. The Labute approximate surface area is 160 Å². The maximum atomic E-state index is 12.2. The van der Waals surface area contributed by atoms with Crippen LogP contribution in [0.1, 0.15) is 24.4 Å². The van der Waals surface area contributed by atoms with Crippen LogP contribution in [0.25, 0.3) is 0 Å². The Balaban J connectivity index is 1.88. The van der Waals surface area contributed by atoms with Gasteiger partial charge in [-0.15, -0.1) is 0 Å². The van der Waals surface area contributed by atoms with Crippen molar-refractivity contribution in [2.75, 3.05) is 11.9 Å². The number of hydrogen-bond donors (Lipinski definition) is 2. The first kappa shape index (κ1) is 20.6. The summed E-state index contributed by atoms with van der Waals surface area (Å²) in [5.41, 5.74) is 0.203.